The van der Waals surface area contributed by atoms with E-state index in [9.17, 15) is 20.3 Å². The highest BCUT2D eigenvalue weighted by Crippen LogP contribution is 2.45. The number of rotatable bonds is 5. The van der Waals surface area contributed by atoms with Crippen LogP contribution in [0.2, 0.25) is 0 Å². The lowest BCUT2D eigenvalue weighted by molar-refractivity contribution is -0.268. The first-order valence-electron chi connectivity index (χ1n) is 10.1. The van der Waals surface area contributed by atoms with Crippen molar-refractivity contribution in [3.8, 4) is 28.4 Å². The molecule has 1 aromatic heterocycles. The van der Waals surface area contributed by atoms with E-state index in [0.717, 1.165) is 0 Å². The summed E-state index contributed by atoms with van der Waals surface area (Å²) in [6.45, 7) is 9.27. The molecule has 0 saturated carbocycles. The van der Waals surface area contributed by atoms with Gasteiger partial charge >= 0.3 is 0 Å². The van der Waals surface area contributed by atoms with Crippen molar-refractivity contribution in [2.45, 2.75) is 38.9 Å². The van der Waals surface area contributed by atoms with E-state index in [2.05, 4.69) is 11.5 Å². The second kappa shape index (κ2) is 7.85. The van der Waals surface area contributed by atoms with Crippen molar-refractivity contribution in [2.24, 2.45) is 0 Å². The highest BCUT2D eigenvalue weighted by molar-refractivity contribution is 5.95. The summed E-state index contributed by atoms with van der Waals surface area (Å²) in [5.74, 6) is 0.167. The summed E-state index contributed by atoms with van der Waals surface area (Å²) in [5.41, 5.74) is 1.19. The monoisotopic (exact) mass is 436 g/mol. The molecule has 0 fully saturated rings. The third kappa shape index (κ3) is 3.66. The molecule has 2 heterocycles. The molecule has 0 saturated heterocycles. The summed E-state index contributed by atoms with van der Waals surface area (Å²) in [5, 5.41) is 30.0. The molecule has 3 aromatic rings. The predicted octanol–water partition coefficient (Wildman–Crippen LogP) is 5.03. The summed E-state index contributed by atoms with van der Waals surface area (Å²) in [6, 6.07) is 6.11. The van der Waals surface area contributed by atoms with Crippen molar-refractivity contribution in [3.05, 3.63) is 70.1 Å². The van der Waals surface area contributed by atoms with Crippen LogP contribution in [-0.4, -0.2) is 27.2 Å². The van der Waals surface area contributed by atoms with Crippen LogP contribution < -0.4 is 10.2 Å². The Morgan fingerprint density at radius 3 is 2.53 bits per heavy atom. The Labute approximate surface area is 184 Å². The van der Waals surface area contributed by atoms with E-state index in [-0.39, 0.29) is 34.5 Å². The van der Waals surface area contributed by atoms with E-state index < -0.39 is 17.1 Å². The number of fused-ring (bicyclic) bond motifs is 2. The standard InChI is InChI=1S/C25H24O7/c1-13(2)19(32-29)11-17-23-16(9-10-25(3,4)31-23)21(27)20-22(28)18(12-30-24(17)20)14-5-7-15(26)8-6-14/h5-10,12,19,26-27,29H,1,11H2,2-4H3. The van der Waals surface area contributed by atoms with Crippen LogP contribution in [0, 0.1) is 0 Å². The molecule has 2 aromatic carbocycles. The molecule has 7 heteroatoms. The van der Waals surface area contributed by atoms with Crippen LogP contribution >= 0.6 is 0 Å². The summed E-state index contributed by atoms with van der Waals surface area (Å²) in [7, 11) is 0. The van der Waals surface area contributed by atoms with Crippen molar-refractivity contribution in [1.29, 1.82) is 0 Å². The maximum Gasteiger partial charge on any atom is 0.204 e. The average Bonchev–Trinajstić information content (AvgIpc) is 2.73. The van der Waals surface area contributed by atoms with Gasteiger partial charge in [0.25, 0.3) is 0 Å². The molecule has 0 radical (unpaired) electrons. The zero-order valence-corrected chi connectivity index (χ0v) is 18.0. The number of phenolic OH excluding ortho intramolecular Hbond substituents is 2. The smallest absolute Gasteiger partial charge is 0.204 e. The number of benzene rings is 2. The van der Waals surface area contributed by atoms with E-state index in [1.807, 2.05) is 13.8 Å². The maximum absolute atomic E-state index is 13.4. The number of phenols is 2. The molecule has 0 spiro atoms. The minimum absolute atomic E-state index is 0.00399. The van der Waals surface area contributed by atoms with Crippen LogP contribution in [-0.2, 0) is 11.3 Å². The molecular formula is C25H24O7. The second-order valence-corrected chi connectivity index (χ2v) is 8.48. The van der Waals surface area contributed by atoms with Gasteiger partial charge in [-0.1, -0.05) is 18.7 Å². The molecule has 1 unspecified atom stereocenters. The SMILES string of the molecule is C=C(C)C(Cc1c2c(c(O)c3c(=O)c(-c4ccc(O)cc4)coc13)C=CC(C)(C)O2)OO. The molecule has 3 N–H and O–H groups in total. The van der Waals surface area contributed by atoms with Crippen LogP contribution in [0.15, 0.2) is 58.0 Å². The largest absolute Gasteiger partial charge is 0.508 e. The van der Waals surface area contributed by atoms with Gasteiger partial charge in [-0.3, -0.25) is 10.1 Å². The fourth-order valence-corrected chi connectivity index (χ4v) is 3.78. The summed E-state index contributed by atoms with van der Waals surface area (Å²) in [4.78, 5) is 18.0. The molecule has 1 aliphatic rings. The summed E-state index contributed by atoms with van der Waals surface area (Å²) < 4.78 is 12.0. The first-order valence-corrected chi connectivity index (χ1v) is 10.1. The van der Waals surface area contributed by atoms with Gasteiger partial charge in [-0.25, -0.2) is 4.89 Å². The summed E-state index contributed by atoms with van der Waals surface area (Å²) in [6.07, 6.45) is 4.14. The number of aromatic hydroxyl groups is 2. The molecule has 1 atom stereocenters. The maximum atomic E-state index is 13.4. The van der Waals surface area contributed by atoms with E-state index in [1.165, 1.54) is 18.4 Å². The normalized spacial score (nSPS) is 15.2. The van der Waals surface area contributed by atoms with Crippen molar-refractivity contribution in [2.75, 3.05) is 0 Å². The minimum atomic E-state index is -0.772. The summed E-state index contributed by atoms with van der Waals surface area (Å²) >= 11 is 0. The van der Waals surface area contributed by atoms with E-state index in [1.54, 1.807) is 31.2 Å². The third-order valence-corrected chi connectivity index (χ3v) is 5.54. The fourth-order valence-electron chi connectivity index (χ4n) is 3.78. The van der Waals surface area contributed by atoms with E-state index in [4.69, 9.17) is 9.15 Å². The Morgan fingerprint density at radius 2 is 1.91 bits per heavy atom. The van der Waals surface area contributed by atoms with E-state index >= 15 is 0 Å². The molecule has 0 bridgehead atoms. The van der Waals surface area contributed by atoms with Crippen LogP contribution in [0.5, 0.6) is 17.2 Å². The Hall–Kier alpha value is -3.55. The molecule has 32 heavy (non-hydrogen) atoms. The Kier molecular flexibility index (Phi) is 5.32. The fraction of sp³-hybridized carbons (Fsp3) is 0.240. The van der Waals surface area contributed by atoms with Crippen molar-refractivity contribution in [3.63, 3.8) is 0 Å². The number of hydrogen-bond donors (Lipinski definition) is 3. The highest BCUT2D eigenvalue weighted by atomic mass is 17.1. The molecule has 166 valence electrons. The Morgan fingerprint density at radius 1 is 1.22 bits per heavy atom. The quantitative estimate of drug-likeness (QED) is 0.292. The molecule has 0 amide bonds. The zero-order chi connectivity index (χ0) is 23.2. The van der Waals surface area contributed by atoms with Crippen molar-refractivity contribution >= 4 is 17.0 Å². The Bertz CT molecular complexity index is 1300. The zero-order valence-electron chi connectivity index (χ0n) is 18.0. The molecule has 7 nitrogen and oxygen atoms in total. The Balaban J connectivity index is 2.04. The van der Waals surface area contributed by atoms with Gasteiger partial charge < -0.3 is 19.4 Å². The van der Waals surface area contributed by atoms with Gasteiger partial charge in [-0.05, 0) is 56.2 Å². The van der Waals surface area contributed by atoms with Gasteiger partial charge in [-0.15, -0.1) is 0 Å². The van der Waals surface area contributed by atoms with Crippen LogP contribution in [0.25, 0.3) is 28.2 Å². The lowest BCUT2D eigenvalue weighted by atomic mass is 9.92. The topological polar surface area (TPSA) is 109 Å². The predicted molar refractivity (Wildman–Crippen MR) is 121 cm³/mol. The lowest BCUT2D eigenvalue weighted by Crippen LogP contribution is -2.29. The number of ether oxygens (including phenoxy) is 1. The van der Waals surface area contributed by atoms with Gasteiger partial charge in [0.1, 0.15) is 46.2 Å². The van der Waals surface area contributed by atoms with Crippen LogP contribution in [0.4, 0.5) is 0 Å². The molecule has 1 aliphatic heterocycles. The van der Waals surface area contributed by atoms with Crippen LogP contribution in [0.1, 0.15) is 31.9 Å². The van der Waals surface area contributed by atoms with Crippen molar-refractivity contribution < 1.29 is 29.5 Å². The first-order chi connectivity index (χ1) is 15.1. The first kappa shape index (κ1) is 21.7. The molecule has 4 rings (SSSR count). The number of hydrogen-bond acceptors (Lipinski definition) is 7. The highest BCUT2D eigenvalue weighted by Gasteiger charge is 2.32. The van der Waals surface area contributed by atoms with Gasteiger partial charge in [0, 0.05) is 12.0 Å². The lowest BCUT2D eigenvalue weighted by Gasteiger charge is -2.31. The van der Waals surface area contributed by atoms with Gasteiger partial charge in [0.15, 0.2) is 0 Å². The van der Waals surface area contributed by atoms with Crippen molar-refractivity contribution in [1.82, 2.24) is 0 Å². The minimum Gasteiger partial charge on any atom is -0.508 e. The van der Waals surface area contributed by atoms with Gasteiger partial charge in [-0.2, -0.15) is 0 Å². The second-order valence-electron chi connectivity index (χ2n) is 8.48. The van der Waals surface area contributed by atoms with Gasteiger partial charge in [0.2, 0.25) is 5.43 Å². The third-order valence-electron chi connectivity index (χ3n) is 5.54. The molecule has 0 aliphatic carbocycles. The molecular weight excluding hydrogens is 412 g/mol. The van der Waals surface area contributed by atoms with Gasteiger partial charge in [0.05, 0.1) is 11.1 Å². The van der Waals surface area contributed by atoms with Crippen LogP contribution in [0.3, 0.4) is 0 Å². The average molecular weight is 436 g/mol. The van der Waals surface area contributed by atoms with E-state index in [0.29, 0.717) is 28.0 Å².